The third kappa shape index (κ3) is 7.46. The average Bonchev–Trinajstić information content (AvgIpc) is 3.51. The molecule has 0 aliphatic heterocycles. The number of rotatable bonds is 12. The largest absolute Gasteiger partial charge is 0.481 e. The van der Waals surface area contributed by atoms with Crippen molar-refractivity contribution in [1.82, 2.24) is 0 Å². The summed E-state index contributed by atoms with van der Waals surface area (Å²) in [5.41, 5.74) is 5.73. The Balaban J connectivity index is 1.23. The monoisotopic (exact) mass is 791 g/mol. The highest BCUT2D eigenvalue weighted by molar-refractivity contribution is 6.31. The third-order valence-corrected chi connectivity index (χ3v) is 17.8. The molecule has 0 amide bonds. The molecule has 312 valence electrons. The number of aliphatic imine (C=N–C) groups is 2. The van der Waals surface area contributed by atoms with Crippen LogP contribution in [0.3, 0.4) is 0 Å². The maximum atomic E-state index is 13.2. The highest BCUT2D eigenvalue weighted by Gasteiger charge is 2.69. The number of allylic oxidation sites excluding steroid dienone is 5. The van der Waals surface area contributed by atoms with Gasteiger partial charge in [-0.25, -0.2) is 0 Å². The van der Waals surface area contributed by atoms with E-state index in [0.29, 0.717) is 29.6 Å². The molecular weight excluding hydrogens is 716 g/mol. The molecule has 0 bridgehead atoms. The zero-order valence-electron chi connectivity index (χ0n) is 37.0. The van der Waals surface area contributed by atoms with Crippen molar-refractivity contribution in [3.63, 3.8) is 0 Å². The summed E-state index contributed by atoms with van der Waals surface area (Å²) >= 11 is 6.19. The van der Waals surface area contributed by atoms with Gasteiger partial charge in [0.05, 0.1) is 11.8 Å². The molecule has 7 heteroatoms. The molecule has 0 saturated heterocycles. The number of aliphatic carboxylic acids is 1. The SMILES string of the molecule is CCC(CC(CC12CCC(C(C)C)=C1C1CCC3C4(C)CCC(OC(=O)CC(C)(C)C(=O)O)C(C)(C)C4CCC3(C)C1(C)CC2)=NC)=NCC1C=CC(Cl)=CC1. The van der Waals surface area contributed by atoms with Crippen LogP contribution in [0.1, 0.15) is 166 Å². The predicted molar refractivity (Wildman–Crippen MR) is 231 cm³/mol. The van der Waals surface area contributed by atoms with E-state index in [1.54, 1.807) is 19.4 Å². The molecule has 6 aliphatic rings. The fourth-order valence-electron chi connectivity index (χ4n) is 14.0. The van der Waals surface area contributed by atoms with Crippen molar-refractivity contribution >= 4 is 35.0 Å². The van der Waals surface area contributed by atoms with Gasteiger partial charge in [-0.05, 0) is 149 Å². The number of carbonyl (C=O) groups excluding carboxylic acids is 1. The van der Waals surface area contributed by atoms with E-state index in [1.807, 2.05) is 18.7 Å². The Labute approximate surface area is 344 Å². The lowest BCUT2D eigenvalue weighted by molar-refractivity contribution is -0.233. The molecule has 6 aliphatic carbocycles. The number of esters is 1. The normalized spacial score (nSPS) is 38.4. The van der Waals surface area contributed by atoms with Crippen molar-refractivity contribution < 1.29 is 19.4 Å². The molecule has 9 unspecified atom stereocenters. The van der Waals surface area contributed by atoms with Gasteiger partial charge in [0.2, 0.25) is 0 Å². The van der Waals surface area contributed by atoms with Gasteiger partial charge >= 0.3 is 11.9 Å². The van der Waals surface area contributed by atoms with Gasteiger partial charge in [-0.15, -0.1) is 0 Å². The fourth-order valence-corrected chi connectivity index (χ4v) is 14.2. The van der Waals surface area contributed by atoms with Crippen LogP contribution in [0.4, 0.5) is 0 Å². The lowest BCUT2D eigenvalue weighted by Crippen LogP contribution is -2.65. The van der Waals surface area contributed by atoms with Crippen molar-refractivity contribution in [1.29, 1.82) is 0 Å². The number of carboxylic acids is 1. The first-order valence-corrected chi connectivity index (χ1v) is 22.7. The van der Waals surface area contributed by atoms with Crippen LogP contribution in [0.15, 0.2) is 44.4 Å². The van der Waals surface area contributed by atoms with Gasteiger partial charge in [0, 0.05) is 47.8 Å². The zero-order valence-corrected chi connectivity index (χ0v) is 37.7. The minimum absolute atomic E-state index is 0.0989. The van der Waals surface area contributed by atoms with Crippen molar-refractivity contribution in [3.05, 3.63) is 34.4 Å². The Morgan fingerprint density at radius 2 is 1.70 bits per heavy atom. The van der Waals surface area contributed by atoms with Gasteiger partial charge in [-0.2, -0.15) is 0 Å². The summed E-state index contributed by atoms with van der Waals surface area (Å²) in [5.74, 6) is 1.33. The van der Waals surface area contributed by atoms with Crippen LogP contribution in [-0.4, -0.2) is 48.2 Å². The second kappa shape index (κ2) is 15.8. The maximum Gasteiger partial charge on any atom is 0.309 e. The summed E-state index contributed by atoms with van der Waals surface area (Å²) in [6, 6.07) is 0. The van der Waals surface area contributed by atoms with Crippen LogP contribution in [0.25, 0.3) is 0 Å². The minimum atomic E-state index is -1.13. The van der Waals surface area contributed by atoms with Gasteiger partial charge in [0.25, 0.3) is 0 Å². The summed E-state index contributed by atoms with van der Waals surface area (Å²) in [6.45, 7) is 23.9. The molecule has 6 nitrogen and oxygen atoms in total. The quantitative estimate of drug-likeness (QED) is 0.121. The zero-order chi connectivity index (χ0) is 41.1. The molecule has 0 aromatic carbocycles. The van der Waals surface area contributed by atoms with Crippen LogP contribution >= 0.6 is 11.6 Å². The number of fused-ring (bicyclic) bond motifs is 7. The standard InChI is InChI=1S/C49H75ClN2O4/c1-12-34(52-30-32-13-15-33(50)16-14-32)27-35(51-11)28-49-24-19-36(31(2)3)42(49)37-17-18-39-46(8)22-21-40(56-41(53)29-44(4,5)43(54)55)45(6,7)38(46)20-23-48(39,10)47(37,9)25-26-49/h13,15-16,31-32,37-40H,12,14,17-30H2,1-11H3,(H,54,55). The summed E-state index contributed by atoms with van der Waals surface area (Å²) < 4.78 is 6.23. The number of ether oxygens (including phenoxy) is 1. The van der Waals surface area contributed by atoms with Gasteiger partial charge < -0.3 is 9.84 Å². The van der Waals surface area contributed by atoms with Crippen LogP contribution in [-0.2, 0) is 14.3 Å². The van der Waals surface area contributed by atoms with Gasteiger partial charge in [0.1, 0.15) is 6.10 Å². The van der Waals surface area contributed by atoms with E-state index >= 15 is 0 Å². The molecule has 4 saturated carbocycles. The molecule has 6 rings (SSSR count). The lowest BCUT2D eigenvalue weighted by Gasteiger charge is -2.72. The number of carboxylic acid groups (broad SMARTS) is 1. The van der Waals surface area contributed by atoms with E-state index in [-0.39, 0.29) is 45.6 Å². The molecule has 0 aromatic rings. The number of nitrogens with zero attached hydrogens (tertiary/aromatic N) is 2. The Morgan fingerprint density at radius 3 is 2.32 bits per heavy atom. The highest BCUT2D eigenvalue weighted by atomic mass is 35.5. The first-order valence-electron chi connectivity index (χ1n) is 22.3. The first-order chi connectivity index (χ1) is 26.2. The average molecular weight is 792 g/mol. The molecule has 0 aromatic heterocycles. The Hall–Kier alpha value is -2.21. The minimum Gasteiger partial charge on any atom is -0.481 e. The second-order valence-corrected chi connectivity index (χ2v) is 22.0. The predicted octanol–water partition coefficient (Wildman–Crippen LogP) is 12.6. The smallest absolute Gasteiger partial charge is 0.309 e. The van der Waals surface area contributed by atoms with Crippen molar-refractivity contribution in [2.75, 3.05) is 13.6 Å². The van der Waals surface area contributed by atoms with E-state index in [2.05, 4.69) is 67.5 Å². The number of hydrogen-bond donors (Lipinski definition) is 1. The summed E-state index contributed by atoms with van der Waals surface area (Å²) in [4.78, 5) is 35.2. The van der Waals surface area contributed by atoms with Crippen molar-refractivity contribution in [3.8, 4) is 0 Å². The van der Waals surface area contributed by atoms with E-state index < -0.39 is 11.4 Å². The third-order valence-electron chi connectivity index (χ3n) is 17.6. The summed E-state index contributed by atoms with van der Waals surface area (Å²) in [5, 5.41) is 10.5. The number of halogens is 1. The lowest BCUT2D eigenvalue weighted by atomic mass is 9.33. The van der Waals surface area contributed by atoms with E-state index in [4.69, 9.17) is 26.3 Å². The molecule has 0 radical (unpaired) electrons. The Morgan fingerprint density at radius 1 is 0.964 bits per heavy atom. The molecule has 0 spiro atoms. The van der Waals surface area contributed by atoms with Gasteiger partial charge in [0.15, 0.2) is 0 Å². The van der Waals surface area contributed by atoms with Crippen molar-refractivity contribution in [2.24, 2.45) is 72.1 Å². The van der Waals surface area contributed by atoms with Gasteiger partial charge in [-0.3, -0.25) is 19.6 Å². The first kappa shape index (κ1) is 43.4. The highest BCUT2D eigenvalue weighted by Crippen LogP contribution is 2.77. The molecule has 1 N–H and O–H groups in total. The molecule has 9 atom stereocenters. The van der Waals surface area contributed by atoms with Crippen molar-refractivity contribution in [2.45, 2.75) is 172 Å². The van der Waals surface area contributed by atoms with Crippen LogP contribution in [0, 0.1) is 62.1 Å². The number of hydrogen-bond acceptors (Lipinski definition) is 5. The maximum absolute atomic E-state index is 13.2. The second-order valence-electron chi connectivity index (χ2n) is 21.5. The summed E-state index contributed by atoms with van der Waals surface area (Å²) in [7, 11) is 2.02. The molecular formula is C49H75ClN2O4. The topological polar surface area (TPSA) is 88.3 Å². The Bertz CT molecular complexity index is 1700. The van der Waals surface area contributed by atoms with E-state index in [1.165, 1.54) is 56.4 Å². The van der Waals surface area contributed by atoms with E-state index in [0.717, 1.165) is 56.5 Å². The Kier molecular flexibility index (Phi) is 12.2. The summed E-state index contributed by atoms with van der Waals surface area (Å²) in [6.07, 6.45) is 21.8. The van der Waals surface area contributed by atoms with Crippen LogP contribution in [0.5, 0.6) is 0 Å². The van der Waals surface area contributed by atoms with Crippen LogP contribution < -0.4 is 0 Å². The molecule has 56 heavy (non-hydrogen) atoms. The fraction of sp³-hybridized carbons (Fsp3) is 0.796. The van der Waals surface area contributed by atoms with Crippen LogP contribution in [0.2, 0.25) is 0 Å². The molecule has 4 fully saturated rings. The van der Waals surface area contributed by atoms with Gasteiger partial charge in [-0.1, -0.05) is 90.3 Å². The molecule has 0 heterocycles. The number of carbonyl (C=O) groups is 2. The van der Waals surface area contributed by atoms with E-state index in [9.17, 15) is 14.7 Å².